The minimum atomic E-state index is -4.56. The summed E-state index contributed by atoms with van der Waals surface area (Å²) in [5.41, 5.74) is 3.28. The Hall–Kier alpha value is -3.86. The van der Waals surface area contributed by atoms with E-state index in [1.807, 2.05) is 19.1 Å². The molecule has 0 heterocycles. The number of ether oxygens (including phenoxy) is 2. The molecule has 37 heavy (non-hydrogen) atoms. The first-order chi connectivity index (χ1) is 17.6. The average molecular weight is 578 g/mol. The van der Waals surface area contributed by atoms with Gasteiger partial charge in [0.1, 0.15) is 0 Å². The Morgan fingerprint density at radius 2 is 1.73 bits per heavy atom. The maximum atomic E-state index is 12.9. The van der Waals surface area contributed by atoms with Crippen LogP contribution >= 0.6 is 15.9 Å². The van der Waals surface area contributed by atoms with E-state index in [0.29, 0.717) is 33.8 Å². The van der Waals surface area contributed by atoms with Crippen molar-refractivity contribution in [2.24, 2.45) is 5.10 Å². The van der Waals surface area contributed by atoms with Crippen molar-refractivity contribution in [1.29, 1.82) is 0 Å². The Labute approximate surface area is 219 Å². The molecule has 0 atom stereocenters. The van der Waals surface area contributed by atoms with Crippen LogP contribution in [-0.4, -0.2) is 31.2 Å². The first kappa shape index (κ1) is 27.7. The predicted octanol–water partition coefficient (Wildman–Crippen LogP) is 5.96. The molecule has 7 nitrogen and oxygen atoms in total. The molecule has 194 valence electrons. The Kier molecular flexibility index (Phi) is 9.29. The molecule has 0 fully saturated rings. The van der Waals surface area contributed by atoms with E-state index >= 15 is 0 Å². The molecule has 2 amide bonds. The Bertz CT molecular complexity index is 1300. The lowest BCUT2D eigenvalue weighted by molar-refractivity contribution is -0.137. The lowest BCUT2D eigenvalue weighted by Gasteiger charge is -2.14. The van der Waals surface area contributed by atoms with Gasteiger partial charge in [-0.1, -0.05) is 23.8 Å². The van der Waals surface area contributed by atoms with Crippen LogP contribution in [0.4, 0.5) is 18.9 Å². The Morgan fingerprint density at radius 1 is 1.03 bits per heavy atom. The molecule has 3 aromatic rings. The average Bonchev–Trinajstić information content (AvgIpc) is 2.86. The molecule has 0 aromatic heterocycles. The highest BCUT2D eigenvalue weighted by atomic mass is 79.9. The zero-order valence-electron chi connectivity index (χ0n) is 19.9. The molecule has 0 radical (unpaired) electrons. The van der Waals surface area contributed by atoms with Crippen LogP contribution in [-0.2, 0) is 11.0 Å². The maximum absolute atomic E-state index is 12.9. The predicted molar refractivity (Wildman–Crippen MR) is 137 cm³/mol. The largest absolute Gasteiger partial charge is 0.490 e. The van der Waals surface area contributed by atoms with Gasteiger partial charge in [0.05, 0.1) is 18.4 Å². The van der Waals surface area contributed by atoms with E-state index < -0.39 is 17.6 Å². The number of carbonyl (C=O) groups is 2. The second kappa shape index (κ2) is 12.4. The van der Waals surface area contributed by atoms with Crippen LogP contribution in [0.2, 0.25) is 0 Å². The number of nitrogens with zero attached hydrogens (tertiary/aromatic N) is 1. The van der Waals surface area contributed by atoms with Gasteiger partial charge in [0.2, 0.25) is 0 Å². The number of benzene rings is 3. The number of nitrogens with one attached hydrogen (secondary N) is 2. The molecule has 0 aliphatic heterocycles. The number of alkyl halides is 3. The van der Waals surface area contributed by atoms with E-state index in [2.05, 4.69) is 31.8 Å². The van der Waals surface area contributed by atoms with Gasteiger partial charge in [-0.25, -0.2) is 5.43 Å². The van der Waals surface area contributed by atoms with Crippen molar-refractivity contribution in [1.82, 2.24) is 5.43 Å². The SMILES string of the molecule is CCOc1cc(/C=N\NC(=O)c2cccc(C(F)(F)F)c2)c(Br)cc1OCC(=O)Nc1ccc(C)cc1. The standard InChI is InChI=1S/C26H23BrF3N3O4/c1-3-36-22-12-18(14-31-33-25(35)17-5-4-6-19(11-17)26(28,29)30)21(27)13-23(22)37-15-24(34)32-20-9-7-16(2)8-10-20/h4-14H,3,15H2,1-2H3,(H,32,34)(H,33,35)/b31-14-. The number of hydrazone groups is 1. The number of carbonyl (C=O) groups excluding carboxylic acids is 2. The Morgan fingerprint density at radius 3 is 2.41 bits per heavy atom. The van der Waals surface area contributed by atoms with Gasteiger partial charge in [0.25, 0.3) is 11.8 Å². The molecular weight excluding hydrogens is 555 g/mol. The van der Waals surface area contributed by atoms with E-state index in [1.165, 1.54) is 12.3 Å². The van der Waals surface area contributed by atoms with Crippen LogP contribution in [0.1, 0.15) is 34.0 Å². The van der Waals surface area contributed by atoms with Gasteiger partial charge in [0.15, 0.2) is 18.1 Å². The van der Waals surface area contributed by atoms with E-state index in [1.54, 1.807) is 31.2 Å². The summed E-state index contributed by atoms with van der Waals surface area (Å²) in [5.74, 6) is -0.522. The molecule has 0 bridgehead atoms. The fraction of sp³-hybridized carbons (Fsp3) is 0.192. The van der Waals surface area contributed by atoms with Crippen molar-refractivity contribution in [2.45, 2.75) is 20.0 Å². The second-order valence-electron chi connectivity index (χ2n) is 7.73. The van der Waals surface area contributed by atoms with Gasteiger partial charge in [-0.3, -0.25) is 9.59 Å². The number of hydrogen-bond donors (Lipinski definition) is 2. The first-order valence-corrected chi connectivity index (χ1v) is 11.8. The number of hydrogen-bond acceptors (Lipinski definition) is 5. The highest BCUT2D eigenvalue weighted by molar-refractivity contribution is 9.10. The van der Waals surface area contributed by atoms with Crippen molar-refractivity contribution < 1.29 is 32.2 Å². The third-order valence-electron chi connectivity index (χ3n) is 4.88. The summed E-state index contributed by atoms with van der Waals surface area (Å²) in [5, 5.41) is 6.57. The summed E-state index contributed by atoms with van der Waals surface area (Å²) in [7, 11) is 0. The molecule has 0 spiro atoms. The topological polar surface area (TPSA) is 89.0 Å². The zero-order chi connectivity index (χ0) is 27.0. The second-order valence-corrected chi connectivity index (χ2v) is 8.59. The van der Waals surface area contributed by atoms with Gasteiger partial charge in [-0.2, -0.15) is 18.3 Å². The third kappa shape index (κ3) is 8.07. The number of anilines is 1. The van der Waals surface area contributed by atoms with Crippen molar-refractivity contribution in [3.63, 3.8) is 0 Å². The molecule has 2 N–H and O–H groups in total. The number of aryl methyl sites for hydroxylation is 1. The minimum Gasteiger partial charge on any atom is -0.490 e. The van der Waals surface area contributed by atoms with Gasteiger partial charge in [-0.05, 0) is 72.2 Å². The lowest BCUT2D eigenvalue weighted by Crippen LogP contribution is -2.20. The zero-order valence-corrected chi connectivity index (χ0v) is 21.4. The summed E-state index contributed by atoms with van der Waals surface area (Å²) in [6, 6.07) is 14.5. The normalized spacial score (nSPS) is 11.3. The van der Waals surface area contributed by atoms with Crippen LogP contribution < -0.4 is 20.2 Å². The molecule has 0 aliphatic carbocycles. The smallest absolute Gasteiger partial charge is 0.416 e. The van der Waals surface area contributed by atoms with Crippen molar-refractivity contribution in [3.05, 3.63) is 87.4 Å². The fourth-order valence-corrected chi connectivity index (χ4v) is 3.49. The summed E-state index contributed by atoms with van der Waals surface area (Å²) in [6.07, 6.45) is -3.27. The number of amides is 2. The van der Waals surface area contributed by atoms with Gasteiger partial charge in [0, 0.05) is 21.3 Å². The third-order valence-corrected chi connectivity index (χ3v) is 5.57. The lowest BCUT2D eigenvalue weighted by atomic mass is 10.1. The Balaban J connectivity index is 1.66. The van der Waals surface area contributed by atoms with Crippen LogP contribution in [0.3, 0.4) is 0 Å². The van der Waals surface area contributed by atoms with Gasteiger partial charge < -0.3 is 14.8 Å². The summed E-state index contributed by atoms with van der Waals surface area (Å²) >= 11 is 3.38. The molecule has 0 aliphatic rings. The van der Waals surface area contributed by atoms with E-state index in [-0.39, 0.29) is 18.1 Å². The molecule has 0 unspecified atom stereocenters. The highest BCUT2D eigenvalue weighted by Gasteiger charge is 2.30. The highest BCUT2D eigenvalue weighted by Crippen LogP contribution is 2.33. The van der Waals surface area contributed by atoms with Crippen molar-refractivity contribution >= 4 is 39.6 Å². The summed E-state index contributed by atoms with van der Waals surface area (Å²) in [4.78, 5) is 24.5. The van der Waals surface area contributed by atoms with Crippen LogP contribution in [0.5, 0.6) is 11.5 Å². The van der Waals surface area contributed by atoms with Gasteiger partial charge >= 0.3 is 6.18 Å². The summed E-state index contributed by atoms with van der Waals surface area (Å²) < 4.78 is 50.4. The van der Waals surface area contributed by atoms with Crippen LogP contribution in [0.25, 0.3) is 0 Å². The molecular formula is C26H23BrF3N3O4. The molecule has 0 saturated heterocycles. The first-order valence-electron chi connectivity index (χ1n) is 11.0. The van der Waals surface area contributed by atoms with Crippen molar-refractivity contribution in [2.75, 3.05) is 18.5 Å². The van der Waals surface area contributed by atoms with E-state index in [4.69, 9.17) is 9.47 Å². The van der Waals surface area contributed by atoms with E-state index in [0.717, 1.165) is 23.8 Å². The van der Waals surface area contributed by atoms with E-state index in [9.17, 15) is 22.8 Å². The summed E-state index contributed by atoms with van der Waals surface area (Å²) in [6.45, 7) is 3.77. The number of halogens is 4. The molecule has 0 saturated carbocycles. The maximum Gasteiger partial charge on any atom is 0.416 e. The molecule has 11 heteroatoms. The molecule has 3 rings (SSSR count). The fourth-order valence-electron chi connectivity index (χ4n) is 3.07. The van der Waals surface area contributed by atoms with Gasteiger partial charge in [-0.15, -0.1) is 0 Å². The van der Waals surface area contributed by atoms with Crippen molar-refractivity contribution in [3.8, 4) is 11.5 Å². The molecule has 3 aromatic carbocycles. The number of rotatable bonds is 9. The monoisotopic (exact) mass is 577 g/mol. The quantitative estimate of drug-likeness (QED) is 0.243. The van der Waals surface area contributed by atoms with Crippen LogP contribution in [0, 0.1) is 6.92 Å². The minimum absolute atomic E-state index is 0.186. The van der Waals surface area contributed by atoms with Crippen LogP contribution in [0.15, 0.2) is 70.2 Å².